The maximum Gasteiger partial charge on any atom is 0.337 e. The highest BCUT2D eigenvalue weighted by molar-refractivity contribution is 5.89. The first-order valence-corrected chi connectivity index (χ1v) is 6.66. The standard InChI is InChI=1S/C15H21NO2.ClH/c1-18-15(17)13-9-5-8-12(10-13)14(16)11-6-3-2-4-7-11;/h5,8-11,14H,2-4,6-7,16H2,1H3;1H/t14-;/m0./s1. The summed E-state index contributed by atoms with van der Waals surface area (Å²) in [4.78, 5) is 11.5. The SMILES string of the molecule is COC(=O)c1cccc([C@@H](N)C2CCCCC2)c1.Cl. The Morgan fingerprint density at radius 3 is 2.63 bits per heavy atom. The predicted octanol–water partition coefficient (Wildman–Crippen LogP) is 3.48. The van der Waals surface area contributed by atoms with Crippen molar-refractivity contribution in [1.29, 1.82) is 0 Å². The topological polar surface area (TPSA) is 52.3 Å². The van der Waals surface area contributed by atoms with Crippen LogP contribution in [-0.4, -0.2) is 13.1 Å². The minimum Gasteiger partial charge on any atom is -0.465 e. The van der Waals surface area contributed by atoms with Gasteiger partial charge in [-0.2, -0.15) is 0 Å². The molecule has 106 valence electrons. The van der Waals surface area contributed by atoms with E-state index in [0.29, 0.717) is 11.5 Å². The molecule has 1 aromatic carbocycles. The molecule has 0 radical (unpaired) electrons. The lowest BCUT2D eigenvalue weighted by molar-refractivity contribution is 0.0600. The molecule has 4 heteroatoms. The average molecular weight is 284 g/mol. The normalized spacial score (nSPS) is 17.4. The number of benzene rings is 1. The van der Waals surface area contributed by atoms with Crippen LogP contribution in [0.2, 0.25) is 0 Å². The van der Waals surface area contributed by atoms with Crippen LogP contribution in [-0.2, 0) is 4.74 Å². The molecule has 0 heterocycles. The number of carbonyl (C=O) groups is 1. The second kappa shape index (κ2) is 7.51. The molecule has 0 bridgehead atoms. The van der Waals surface area contributed by atoms with Crippen LogP contribution in [0.25, 0.3) is 0 Å². The van der Waals surface area contributed by atoms with E-state index in [1.54, 1.807) is 6.07 Å². The van der Waals surface area contributed by atoms with Gasteiger partial charge in [0.1, 0.15) is 0 Å². The molecule has 1 atom stereocenters. The molecule has 0 spiro atoms. The monoisotopic (exact) mass is 283 g/mol. The van der Waals surface area contributed by atoms with Crippen LogP contribution < -0.4 is 5.73 Å². The molecular formula is C15H22ClNO2. The van der Waals surface area contributed by atoms with Crippen molar-refractivity contribution in [3.8, 4) is 0 Å². The number of hydrogen-bond acceptors (Lipinski definition) is 3. The van der Waals surface area contributed by atoms with Gasteiger partial charge in [0.05, 0.1) is 12.7 Å². The Balaban J connectivity index is 0.00000180. The summed E-state index contributed by atoms with van der Waals surface area (Å²) < 4.78 is 4.74. The number of hydrogen-bond donors (Lipinski definition) is 1. The summed E-state index contributed by atoms with van der Waals surface area (Å²) in [5.41, 5.74) is 7.96. The molecule has 0 aliphatic heterocycles. The number of nitrogens with two attached hydrogens (primary N) is 1. The lowest BCUT2D eigenvalue weighted by atomic mass is 9.81. The van der Waals surface area contributed by atoms with E-state index in [9.17, 15) is 4.79 Å². The van der Waals surface area contributed by atoms with Gasteiger partial charge in [0, 0.05) is 6.04 Å². The van der Waals surface area contributed by atoms with E-state index in [1.807, 2.05) is 18.2 Å². The Morgan fingerprint density at radius 2 is 2.00 bits per heavy atom. The highest BCUT2D eigenvalue weighted by Crippen LogP contribution is 2.33. The van der Waals surface area contributed by atoms with Gasteiger partial charge in [-0.1, -0.05) is 31.4 Å². The fourth-order valence-corrected chi connectivity index (χ4v) is 2.76. The molecule has 2 rings (SSSR count). The van der Waals surface area contributed by atoms with Gasteiger partial charge in [-0.15, -0.1) is 12.4 Å². The second-order valence-electron chi connectivity index (χ2n) is 5.04. The van der Waals surface area contributed by atoms with Crippen LogP contribution in [0.15, 0.2) is 24.3 Å². The van der Waals surface area contributed by atoms with Gasteiger partial charge >= 0.3 is 5.97 Å². The maximum atomic E-state index is 11.5. The van der Waals surface area contributed by atoms with E-state index in [4.69, 9.17) is 10.5 Å². The van der Waals surface area contributed by atoms with Gasteiger partial charge < -0.3 is 10.5 Å². The first-order chi connectivity index (χ1) is 8.72. The number of methoxy groups -OCH3 is 1. The van der Waals surface area contributed by atoms with Crippen LogP contribution in [0.4, 0.5) is 0 Å². The van der Waals surface area contributed by atoms with E-state index in [1.165, 1.54) is 39.2 Å². The molecule has 1 fully saturated rings. The van der Waals surface area contributed by atoms with Crippen LogP contribution in [0, 0.1) is 5.92 Å². The highest BCUT2D eigenvalue weighted by atomic mass is 35.5. The van der Waals surface area contributed by atoms with Crippen LogP contribution >= 0.6 is 12.4 Å². The van der Waals surface area contributed by atoms with Crippen molar-refractivity contribution < 1.29 is 9.53 Å². The summed E-state index contributed by atoms with van der Waals surface area (Å²) in [5.74, 6) is 0.249. The van der Waals surface area contributed by atoms with Crippen molar-refractivity contribution in [3.63, 3.8) is 0 Å². The third kappa shape index (κ3) is 3.95. The zero-order chi connectivity index (χ0) is 13.0. The number of carbonyl (C=O) groups excluding carboxylic acids is 1. The van der Waals surface area contributed by atoms with E-state index in [2.05, 4.69) is 0 Å². The van der Waals surface area contributed by atoms with Gasteiger partial charge in [-0.25, -0.2) is 4.79 Å². The third-order valence-electron chi connectivity index (χ3n) is 3.85. The van der Waals surface area contributed by atoms with E-state index in [-0.39, 0.29) is 24.4 Å². The van der Waals surface area contributed by atoms with E-state index >= 15 is 0 Å². The minimum absolute atomic E-state index is 0. The number of esters is 1. The van der Waals surface area contributed by atoms with Crippen LogP contribution in [0.5, 0.6) is 0 Å². The lowest BCUT2D eigenvalue weighted by Gasteiger charge is -2.27. The molecule has 0 unspecified atom stereocenters. The number of ether oxygens (including phenoxy) is 1. The number of halogens is 1. The molecule has 1 aromatic rings. The van der Waals surface area contributed by atoms with Crippen molar-refractivity contribution in [3.05, 3.63) is 35.4 Å². The Hall–Kier alpha value is -1.06. The molecular weight excluding hydrogens is 262 g/mol. The van der Waals surface area contributed by atoms with Gasteiger partial charge in [-0.05, 0) is 36.5 Å². The van der Waals surface area contributed by atoms with Crippen molar-refractivity contribution >= 4 is 18.4 Å². The van der Waals surface area contributed by atoms with Crippen molar-refractivity contribution in [2.75, 3.05) is 7.11 Å². The summed E-state index contributed by atoms with van der Waals surface area (Å²) in [6.45, 7) is 0. The Labute approximate surface area is 120 Å². The van der Waals surface area contributed by atoms with Crippen LogP contribution in [0.1, 0.15) is 54.1 Å². The Bertz CT molecular complexity index is 416. The summed E-state index contributed by atoms with van der Waals surface area (Å²) >= 11 is 0. The molecule has 0 amide bonds. The molecule has 1 aliphatic rings. The molecule has 0 aromatic heterocycles. The van der Waals surface area contributed by atoms with Gasteiger partial charge in [0.15, 0.2) is 0 Å². The fraction of sp³-hybridized carbons (Fsp3) is 0.533. The van der Waals surface area contributed by atoms with Crippen molar-refractivity contribution in [2.24, 2.45) is 11.7 Å². The van der Waals surface area contributed by atoms with Crippen molar-refractivity contribution in [2.45, 2.75) is 38.1 Å². The first kappa shape index (κ1) is 16.0. The Kier molecular flexibility index (Phi) is 6.32. The van der Waals surface area contributed by atoms with Gasteiger partial charge in [0.25, 0.3) is 0 Å². The third-order valence-corrected chi connectivity index (χ3v) is 3.85. The largest absolute Gasteiger partial charge is 0.465 e. The number of rotatable bonds is 3. The minimum atomic E-state index is -0.298. The zero-order valence-electron chi connectivity index (χ0n) is 11.3. The van der Waals surface area contributed by atoms with Crippen molar-refractivity contribution in [1.82, 2.24) is 0 Å². The summed E-state index contributed by atoms with van der Waals surface area (Å²) in [6.07, 6.45) is 6.27. The summed E-state index contributed by atoms with van der Waals surface area (Å²) in [7, 11) is 1.40. The molecule has 1 saturated carbocycles. The molecule has 19 heavy (non-hydrogen) atoms. The summed E-state index contributed by atoms with van der Waals surface area (Å²) in [5, 5.41) is 0. The highest BCUT2D eigenvalue weighted by Gasteiger charge is 2.22. The molecule has 0 saturated heterocycles. The zero-order valence-corrected chi connectivity index (χ0v) is 12.1. The first-order valence-electron chi connectivity index (χ1n) is 6.66. The second-order valence-corrected chi connectivity index (χ2v) is 5.04. The predicted molar refractivity (Wildman–Crippen MR) is 78.5 cm³/mol. The van der Waals surface area contributed by atoms with Gasteiger partial charge in [-0.3, -0.25) is 0 Å². The average Bonchev–Trinajstić information content (AvgIpc) is 2.46. The van der Waals surface area contributed by atoms with Crippen LogP contribution in [0.3, 0.4) is 0 Å². The van der Waals surface area contributed by atoms with E-state index in [0.717, 1.165) is 5.56 Å². The quantitative estimate of drug-likeness (QED) is 0.864. The smallest absolute Gasteiger partial charge is 0.337 e. The Morgan fingerprint density at radius 1 is 1.32 bits per heavy atom. The van der Waals surface area contributed by atoms with Gasteiger partial charge in [0.2, 0.25) is 0 Å². The van der Waals surface area contributed by atoms with E-state index < -0.39 is 0 Å². The molecule has 1 aliphatic carbocycles. The lowest BCUT2D eigenvalue weighted by Crippen LogP contribution is -2.23. The maximum absolute atomic E-state index is 11.5. The fourth-order valence-electron chi connectivity index (χ4n) is 2.76. The molecule has 3 nitrogen and oxygen atoms in total. The molecule has 2 N–H and O–H groups in total. The summed E-state index contributed by atoms with van der Waals surface area (Å²) in [6, 6.07) is 7.55.